The van der Waals surface area contributed by atoms with Crippen LogP contribution in [0.3, 0.4) is 0 Å². The van der Waals surface area contributed by atoms with Crippen LogP contribution < -0.4 is 0 Å². The molecule has 1 heterocycles. The maximum Gasteiger partial charge on any atom is 0.227 e. The highest BCUT2D eigenvalue weighted by Crippen LogP contribution is 2.32. The summed E-state index contributed by atoms with van der Waals surface area (Å²) in [5.74, 6) is 0.698. The standard InChI is InChI=1S/C31H20BrClN2O2/c32-26-15-19(13-22-7-3-4-8-27(22)33)14-24(30(26)36)18-34-25-11-12-29-28(17-25)35-31(37-29)23-10-9-20-5-1-2-6-21(20)16-23/h1-12,14-18,36H,13H2. The number of hydrogen-bond donors (Lipinski definition) is 1. The molecule has 0 unspecified atom stereocenters. The van der Waals surface area contributed by atoms with Crippen molar-refractivity contribution < 1.29 is 9.52 Å². The summed E-state index contributed by atoms with van der Waals surface area (Å²) in [6.07, 6.45) is 2.30. The number of benzene rings is 5. The molecular formula is C31H20BrClN2O2. The number of aliphatic imine (C=N–C) groups is 1. The molecule has 0 bridgehead atoms. The van der Waals surface area contributed by atoms with E-state index in [4.69, 9.17) is 21.0 Å². The summed E-state index contributed by atoms with van der Waals surface area (Å²) in [4.78, 5) is 9.30. The third-order valence-electron chi connectivity index (χ3n) is 6.23. The number of aromatic hydroxyl groups is 1. The Kier molecular flexibility index (Phi) is 6.25. The molecule has 37 heavy (non-hydrogen) atoms. The van der Waals surface area contributed by atoms with Gasteiger partial charge < -0.3 is 9.52 Å². The highest BCUT2D eigenvalue weighted by Gasteiger charge is 2.11. The molecule has 0 saturated carbocycles. The van der Waals surface area contributed by atoms with E-state index in [-0.39, 0.29) is 5.75 Å². The maximum atomic E-state index is 10.6. The highest BCUT2D eigenvalue weighted by atomic mass is 79.9. The SMILES string of the molecule is Oc1c(Br)cc(Cc2ccccc2Cl)cc1C=Nc1ccc2oc(-c3ccc4ccccc4c3)nc2c1. The zero-order valence-electron chi connectivity index (χ0n) is 19.5. The monoisotopic (exact) mass is 566 g/mol. The molecular weight excluding hydrogens is 548 g/mol. The van der Waals surface area contributed by atoms with Crippen molar-refractivity contribution >= 4 is 61.3 Å². The first kappa shape index (κ1) is 23.5. The lowest BCUT2D eigenvalue weighted by Crippen LogP contribution is -1.93. The van der Waals surface area contributed by atoms with Crippen LogP contribution in [-0.2, 0) is 6.42 Å². The van der Waals surface area contributed by atoms with Crippen LogP contribution in [0.25, 0.3) is 33.3 Å². The van der Waals surface area contributed by atoms with Crippen LogP contribution in [0.15, 0.2) is 111 Å². The number of rotatable bonds is 5. The van der Waals surface area contributed by atoms with E-state index in [0.717, 1.165) is 27.6 Å². The maximum absolute atomic E-state index is 10.6. The Morgan fingerprint density at radius 3 is 2.57 bits per heavy atom. The molecule has 0 aliphatic carbocycles. The molecule has 0 aliphatic rings. The van der Waals surface area contributed by atoms with Crippen molar-refractivity contribution in [3.63, 3.8) is 0 Å². The zero-order valence-corrected chi connectivity index (χ0v) is 21.9. The van der Waals surface area contributed by atoms with Crippen molar-refractivity contribution in [1.29, 1.82) is 0 Å². The van der Waals surface area contributed by atoms with Crippen LogP contribution in [0.1, 0.15) is 16.7 Å². The lowest BCUT2D eigenvalue weighted by atomic mass is 10.0. The van der Waals surface area contributed by atoms with Crippen LogP contribution >= 0.6 is 27.5 Å². The number of fused-ring (bicyclic) bond motifs is 2. The molecule has 6 rings (SSSR count). The normalized spacial score (nSPS) is 11.6. The molecule has 0 atom stereocenters. The van der Waals surface area contributed by atoms with Gasteiger partial charge >= 0.3 is 0 Å². The number of aromatic nitrogens is 1. The minimum Gasteiger partial charge on any atom is -0.506 e. The van der Waals surface area contributed by atoms with Crippen molar-refractivity contribution in [2.45, 2.75) is 6.42 Å². The number of oxazole rings is 1. The van der Waals surface area contributed by atoms with Gasteiger partial charge in [-0.3, -0.25) is 4.99 Å². The largest absolute Gasteiger partial charge is 0.506 e. The summed E-state index contributed by atoms with van der Waals surface area (Å²) in [5.41, 5.74) is 5.66. The van der Waals surface area contributed by atoms with E-state index in [2.05, 4.69) is 45.2 Å². The van der Waals surface area contributed by atoms with Gasteiger partial charge in [-0.2, -0.15) is 0 Å². The quantitative estimate of drug-likeness (QED) is 0.211. The number of nitrogens with zero attached hydrogens (tertiary/aromatic N) is 2. The van der Waals surface area contributed by atoms with E-state index in [0.29, 0.717) is 38.6 Å². The van der Waals surface area contributed by atoms with Gasteiger partial charge in [-0.25, -0.2) is 4.98 Å². The van der Waals surface area contributed by atoms with Gasteiger partial charge in [0.2, 0.25) is 5.89 Å². The van der Waals surface area contributed by atoms with Gasteiger partial charge in [0.1, 0.15) is 11.3 Å². The topological polar surface area (TPSA) is 58.6 Å². The lowest BCUT2D eigenvalue weighted by molar-refractivity contribution is 0.471. The fourth-order valence-electron chi connectivity index (χ4n) is 4.33. The average molecular weight is 568 g/mol. The van der Waals surface area contributed by atoms with Crippen molar-refractivity contribution in [3.05, 3.63) is 123 Å². The first-order valence-corrected chi connectivity index (χ1v) is 12.9. The van der Waals surface area contributed by atoms with Gasteiger partial charge in [-0.1, -0.05) is 60.1 Å². The van der Waals surface area contributed by atoms with Gasteiger partial charge in [0.25, 0.3) is 0 Å². The minimum atomic E-state index is 0.132. The predicted molar refractivity (Wildman–Crippen MR) is 154 cm³/mol. The molecule has 0 fully saturated rings. The summed E-state index contributed by atoms with van der Waals surface area (Å²) in [6.45, 7) is 0. The minimum absolute atomic E-state index is 0.132. The van der Waals surface area contributed by atoms with E-state index in [1.165, 1.54) is 5.39 Å². The van der Waals surface area contributed by atoms with Gasteiger partial charge in [-0.15, -0.1) is 0 Å². The van der Waals surface area contributed by atoms with Crippen molar-refractivity contribution in [1.82, 2.24) is 4.98 Å². The Labute approximate surface area is 227 Å². The highest BCUT2D eigenvalue weighted by molar-refractivity contribution is 9.10. The Balaban J connectivity index is 1.29. The van der Waals surface area contributed by atoms with Crippen LogP contribution in [0.4, 0.5) is 5.69 Å². The third kappa shape index (κ3) is 4.88. The Hall–Kier alpha value is -3.93. The number of phenolic OH excluding ortho intramolecular Hbond substituents is 1. The summed E-state index contributed by atoms with van der Waals surface area (Å²) >= 11 is 9.80. The lowest BCUT2D eigenvalue weighted by Gasteiger charge is -2.08. The third-order valence-corrected chi connectivity index (χ3v) is 7.20. The Morgan fingerprint density at radius 2 is 1.70 bits per heavy atom. The Morgan fingerprint density at radius 1 is 0.892 bits per heavy atom. The molecule has 5 aromatic carbocycles. The first-order chi connectivity index (χ1) is 18.0. The first-order valence-electron chi connectivity index (χ1n) is 11.7. The Bertz CT molecular complexity index is 1810. The van der Waals surface area contributed by atoms with Crippen LogP contribution in [-0.4, -0.2) is 16.3 Å². The smallest absolute Gasteiger partial charge is 0.227 e. The number of halogens is 2. The summed E-state index contributed by atoms with van der Waals surface area (Å²) < 4.78 is 6.62. The molecule has 0 spiro atoms. The van der Waals surface area contributed by atoms with E-state index in [9.17, 15) is 5.11 Å². The zero-order chi connectivity index (χ0) is 25.4. The second-order valence-corrected chi connectivity index (χ2v) is 10.0. The number of phenols is 1. The van der Waals surface area contributed by atoms with Crippen LogP contribution in [0.2, 0.25) is 5.02 Å². The molecule has 1 N–H and O–H groups in total. The molecule has 0 amide bonds. The molecule has 6 heteroatoms. The summed E-state index contributed by atoms with van der Waals surface area (Å²) in [7, 11) is 0. The van der Waals surface area contributed by atoms with E-state index < -0.39 is 0 Å². The molecule has 1 aromatic heterocycles. The molecule has 4 nitrogen and oxygen atoms in total. The van der Waals surface area contributed by atoms with Gasteiger partial charge in [0.05, 0.1) is 10.2 Å². The second kappa shape index (κ2) is 9.85. The van der Waals surface area contributed by atoms with Gasteiger partial charge in [-0.05, 0) is 92.8 Å². The van der Waals surface area contributed by atoms with Crippen LogP contribution in [0.5, 0.6) is 5.75 Å². The fraction of sp³-hybridized carbons (Fsp3) is 0.0323. The fourth-order valence-corrected chi connectivity index (χ4v) is 5.05. The van der Waals surface area contributed by atoms with E-state index in [1.807, 2.05) is 72.8 Å². The number of hydrogen-bond acceptors (Lipinski definition) is 4. The van der Waals surface area contributed by atoms with E-state index in [1.54, 1.807) is 6.21 Å². The van der Waals surface area contributed by atoms with Gasteiger partial charge in [0.15, 0.2) is 5.58 Å². The van der Waals surface area contributed by atoms with Gasteiger partial charge in [0, 0.05) is 22.4 Å². The van der Waals surface area contributed by atoms with Crippen molar-refractivity contribution in [2.24, 2.45) is 4.99 Å². The molecule has 0 saturated heterocycles. The average Bonchev–Trinajstić information content (AvgIpc) is 3.34. The second-order valence-electron chi connectivity index (χ2n) is 8.77. The molecule has 180 valence electrons. The molecule has 0 aliphatic heterocycles. The summed E-state index contributed by atoms with van der Waals surface area (Å²) in [6, 6.07) is 31.5. The van der Waals surface area contributed by atoms with Crippen molar-refractivity contribution in [2.75, 3.05) is 0 Å². The summed E-state index contributed by atoms with van der Waals surface area (Å²) in [5, 5.41) is 13.6. The van der Waals surface area contributed by atoms with Crippen molar-refractivity contribution in [3.8, 4) is 17.2 Å². The molecule has 6 aromatic rings. The van der Waals surface area contributed by atoms with E-state index >= 15 is 0 Å². The van der Waals surface area contributed by atoms with Crippen LogP contribution in [0, 0.1) is 0 Å². The molecule has 0 radical (unpaired) electrons. The predicted octanol–water partition coefficient (Wildman–Crippen LogP) is 9.11.